The number of rotatable bonds is 7. The van der Waals surface area contributed by atoms with Crippen molar-refractivity contribution >= 4 is 21.9 Å². The number of furan rings is 1. The van der Waals surface area contributed by atoms with Crippen molar-refractivity contribution in [3.63, 3.8) is 0 Å². The Morgan fingerprint density at radius 2 is 0.871 bits per heavy atom. The topological polar surface area (TPSA) is 38.9 Å². The molecular formula is C59H38N2O. The zero-order valence-electron chi connectivity index (χ0n) is 33.7. The number of benzene rings is 9. The molecule has 1 aliphatic carbocycles. The van der Waals surface area contributed by atoms with Crippen LogP contribution in [0.15, 0.2) is 235 Å². The highest BCUT2D eigenvalue weighted by atomic mass is 16.3. The molecule has 3 nitrogen and oxygen atoms in total. The maximum absolute atomic E-state index is 6.39. The van der Waals surface area contributed by atoms with Crippen molar-refractivity contribution in [3.05, 3.63) is 253 Å². The number of hydrogen-bond acceptors (Lipinski definition) is 3. The number of aromatic nitrogens is 2. The van der Waals surface area contributed by atoms with E-state index in [0.717, 1.165) is 72.3 Å². The van der Waals surface area contributed by atoms with Gasteiger partial charge in [0.05, 0.1) is 16.8 Å². The van der Waals surface area contributed by atoms with Crippen molar-refractivity contribution in [1.82, 2.24) is 9.97 Å². The molecular weight excluding hydrogens is 753 g/mol. The normalized spacial score (nSPS) is 12.6. The average Bonchev–Trinajstić information content (AvgIpc) is 3.88. The SMILES string of the molecule is c1ccc(-c2cc(-c3ccc4c(c3)oc3ccccc34)cc(-c3cc(-c4cccc5c4-c4ccccc4C5(c4ccccc4)c4ccccc4)nc(-c4ccccc4)n3)c2)cc1. The first kappa shape index (κ1) is 35.8. The van der Waals surface area contributed by atoms with Gasteiger partial charge in [-0.1, -0.05) is 188 Å². The minimum Gasteiger partial charge on any atom is -0.456 e. The minimum absolute atomic E-state index is 0.525. The molecule has 0 aliphatic heterocycles. The standard InChI is InChI=1S/C59H38N2O/c1-5-18-39(19-6-1)42-34-43(41-32-33-48-47-26-14-16-31-55(47)62-56(48)37-41)36-44(35-42)53-38-54(61-58(60-53)40-20-7-2-8-21-40)50-28-17-30-52-57(50)49-27-13-15-29-51(49)59(52,45-22-9-3-10-23-45)46-24-11-4-12-25-46/h1-38H. The first-order valence-electron chi connectivity index (χ1n) is 21.1. The van der Waals surface area contributed by atoms with Gasteiger partial charge in [-0.2, -0.15) is 0 Å². The maximum Gasteiger partial charge on any atom is 0.160 e. The van der Waals surface area contributed by atoms with E-state index in [1.165, 1.54) is 33.4 Å². The van der Waals surface area contributed by atoms with Gasteiger partial charge in [0.1, 0.15) is 11.2 Å². The van der Waals surface area contributed by atoms with Crippen LogP contribution in [0.25, 0.3) is 89.2 Å². The smallest absolute Gasteiger partial charge is 0.160 e. The Morgan fingerprint density at radius 3 is 1.61 bits per heavy atom. The second-order valence-corrected chi connectivity index (χ2v) is 16.1. The molecule has 62 heavy (non-hydrogen) atoms. The largest absolute Gasteiger partial charge is 0.456 e. The monoisotopic (exact) mass is 790 g/mol. The summed E-state index contributed by atoms with van der Waals surface area (Å²) in [5.74, 6) is 0.676. The van der Waals surface area contributed by atoms with Gasteiger partial charge in [-0.15, -0.1) is 0 Å². The van der Waals surface area contributed by atoms with Crippen LogP contribution in [0.5, 0.6) is 0 Å². The molecule has 0 unspecified atom stereocenters. The summed E-state index contributed by atoms with van der Waals surface area (Å²) in [6.07, 6.45) is 0. The second-order valence-electron chi connectivity index (χ2n) is 16.1. The molecule has 0 saturated carbocycles. The van der Waals surface area contributed by atoms with Crippen molar-refractivity contribution in [3.8, 4) is 67.3 Å². The van der Waals surface area contributed by atoms with E-state index in [0.29, 0.717) is 5.82 Å². The highest BCUT2D eigenvalue weighted by molar-refractivity contribution is 6.06. The Labute approximate surface area is 360 Å². The van der Waals surface area contributed by atoms with Crippen molar-refractivity contribution < 1.29 is 4.42 Å². The van der Waals surface area contributed by atoms with Crippen LogP contribution >= 0.6 is 0 Å². The molecule has 11 aromatic rings. The maximum atomic E-state index is 6.39. The minimum atomic E-state index is -0.525. The summed E-state index contributed by atoms with van der Waals surface area (Å²) < 4.78 is 6.39. The molecule has 0 saturated heterocycles. The third-order valence-corrected chi connectivity index (χ3v) is 12.6. The summed E-state index contributed by atoms with van der Waals surface area (Å²) in [5, 5.41) is 2.23. The van der Waals surface area contributed by atoms with Crippen molar-refractivity contribution in [2.24, 2.45) is 0 Å². The predicted molar refractivity (Wildman–Crippen MR) is 254 cm³/mol. The Kier molecular flexibility index (Phi) is 8.39. The van der Waals surface area contributed by atoms with Gasteiger partial charge in [-0.3, -0.25) is 0 Å². The van der Waals surface area contributed by atoms with Crippen LogP contribution < -0.4 is 0 Å². The summed E-state index contributed by atoms with van der Waals surface area (Å²) >= 11 is 0. The van der Waals surface area contributed by atoms with E-state index in [4.69, 9.17) is 14.4 Å². The average molecular weight is 791 g/mol. The zero-order valence-corrected chi connectivity index (χ0v) is 33.7. The molecule has 2 aromatic heterocycles. The van der Waals surface area contributed by atoms with E-state index >= 15 is 0 Å². The predicted octanol–water partition coefficient (Wildman–Crippen LogP) is 15.1. The lowest BCUT2D eigenvalue weighted by Crippen LogP contribution is -2.28. The van der Waals surface area contributed by atoms with Crippen molar-refractivity contribution in [2.45, 2.75) is 5.41 Å². The fraction of sp³-hybridized carbons (Fsp3) is 0.0169. The molecule has 9 aromatic carbocycles. The number of hydrogen-bond donors (Lipinski definition) is 0. The lowest BCUT2D eigenvalue weighted by Gasteiger charge is -2.33. The van der Waals surface area contributed by atoms with E-state index in [1.807, 2.05) is 18.2 Å². The van der Waals surface area contributed by atoms with E-state index in [-0.39, 0.29) is 0 Å². The van der Waals surface area contributed by atoms with Crippen LogP contribution in [0.3, 0.4) is 0 Å². The first-order valence-corrected chi connectivity index (χ1v) is 21.1. The van der Waals surface area contributed by atoms with Crippen LogP contribution in [-0.4, -0.2) is 9.97 Å². The van der Waals surface area contributed by atoms with E-state index < -0.39 is 5.41 Å². The Morgan fingerprint density at radius 1 is 0.323 bits per heavy atom. The molecule has 0 radical (unpaired) electrons. The molecule has 0 atom stereocenters. The molecule has 0 spiro atoms. The fourth-order valence-electron chi connectivity index (χ4n) is 9.80. The molecule has 0 N–H and O–H groups in total. The van der Waals surface area contributed by atoms with Gasteiger partial charge in [-0.05, 0) is 98.1 Å². The highest BCUT2D eigenvalue weighted by Crippen LogP contribution is 2.58. The Hall–Kier alpha value is -8.14. The summed E-state index contributed by atoms with van der Waals surface area (Å²) in [6.45, 7) is 0. The third-order valence-electron chi connectivity index (χ3n) is 12.6. The number of nitrogens with zero attached hydrogens (tertiary/aromatic N) is 2. The van der Waals surface area contributed by atoms with E-state index in [9.17, 15) is 0 Å². The molecule has 3 heteroatoms. The first-order chi connectivity index (χ1) is 30.7. The third kappa shape index (κ3) is 5.74. The van der Waals surface area contributed by atoms with Crippen molar-refractivity contribution in [1.29, 1.82) is 0 Å². The summed E-state index contributed by atoms with van der Waals surface area (Å²) in [5.41, 5.74) is 17.7. The van der Waals surface area contributed by atoms with Crippen LogP contribution in [0.2, 0.25) is 0 Å². The summed E-state index contributed by atoms with van der Waals surface area (Å²) in [6, 6.07) is 82.2. The van der Waals surface area contributed by atoms with E-state index in [1.54, 1.807) is 0 Å². The zero-order chi connectivity index (χ0) is 41.0. The van der Waals surface area contributed by atoms with Crippen LogP contribution in [-0.2, 0) is 5.41 Å². The van der Waals surface area contributed by atoms with Crippen LogP contribution in [0.1, 0.15) is 22.3 Å². The molecule has 2 heterocycles. The summed E-state index contributed by atoms with van der Waals surface area (Å²) in [7, 11) is 0. The fourth-order valence-corrected chi connectivity index (χ4v) is 9.80. The van der Waals surface area contributed by atoms with Crippen LogP contribution in [0.4, 0.5) is 0 Å². The molecule has 290 valence electrons. The van der Waals surface area contributed by atoms with Gasteiger partial charge in [0, 0.05) is 27.5 Å². The van der Waals surface area contributed by atoms with Gasteiger partial charge in [0.15, 0.2) is 5.82 Å². The molecule has 1 aliphatic rings. The number of para-hydroxylation sites is 1. The Balaban J connectivity index is 1.10. The second kappa shape index (κ2) is 14.5. The molecule has 12 rings (SSSR count). The Bertz CT molecular complexity index is 3410. The van der Waals surface area contributed by atoms with Gasteiger partial charge >= 0.3 is 0 Å². The summed E-state index contributed by atoms with van der Waals surface area (Å²) in [4.78, 5) is 10.8. The van der Waals surface area contributed by atoms with Gasteiger partial charge < -0.3 is 4.42 Å². The number of fused-ring (bicyclic) bond motifs is 6. The lowest BCUT2D eigenvalue weighted by atomic mass is 9.67. The van der Waals surface area contributed by atoms with Crippen LogP contribution in [0, 0.1) is 0 Å². The molecule has 0 amide bonds. The van der Waals surface area contributed by atoms with Crippen molar-refractivity contribution in [2.75, 3.05) is 0 Å². The van der Waals surface area contributed by atoms with Gasteiger partial charge in [0.2, 0.25) is 0 Å². The van der Waals surface area contributed by atoms with Gasteiger partial charge in [-0.25, -0.2) is 9.97 Å². The van der Waals surface area contributed by atoms with Gasteiger partial charge in [0.25, 0.3) is 0 Å². The lowest BCUT2D eigenvalue weighted by molar-refractivity contribution is 0.669. The molecule has 0 bridgehead atoms. The quantitative estimate of drug-likeness (QED) is 0.161. The van der Waals surface area contributed by atoms with E-state index in [2.05, 4.69) is 212 Å². The highest BCUT2D eigenvalue weighted by Gasteiger charge is 2.46. The molecule has 0 fully saturated rings.